The van der Waals surface area contributed by atoms with E-state index in [-0.39, 0.29) is 24.7 Å². The van der Waals surface area contributed by atoms with Crippen LogP contribution < -0.4 is 9.62 Å². The van der Waals surface area contributed by atoms with Gasteiger partial charge in [0.25, 0.3) is 0 Å². The maximum Gasteiger partial charge on any atom is 0.223 e. The zero-order chi connectivity index (χ0) is 16.9. The lowest BCUT2D eigenvalue weighted by Crippen LogP contribution is -2.37. The maximum atomic E-state index is 13.0. The summed E-state index contributed by atoms with van der Waals surface area (Å²) < 4.78 is 37.3. The van der Waals surface area contributed by atoms with Crippen LogP contribution in [0.3, 0.4) is 0 Å². The first-order valence-electron chi connectivity index (χ1n) is 7.58. The predicted molar refractivity (Wildman–Crippen MR) is 87.3 cm³/mol. The zero-order valence-corrected chi connectivity index (χ0v) is 14.0. The lowest BCUT2D eigenvalue weighted by molar-refractivity contribution is -0.130. The lowest BCUT2D eigenvalue weighted by atomic mass is 10.2. The third kappa shape index (κ3) is 5.80. The minimum Gasteiger partial charge on any atom is -0.370 e. The van der Waals surface area contributed by atoms with Gasteiger partial charge >= 0.3 is 0 Å². The number of nitrogens with one attached hydrogen (secondary N) is 1. The Bertz CT molecular complexity index is 634. The number of benzene rings is 1. The van der Waals surface area contributed by atoms with E-state index in [1.54, 1.807) is 17.0 Å². The van der Waals surface area contributed by atoms with Gasteiger partial charge in [0, 0.05) is 44.8 Å². The van der Waals surface area contributed by atoms with Crippen molar-refractivity contribution in [2.24, 2.45) is 0 Å². The fourth-order valence-corrected chi connectivity index (χ4v) is 3.05. The number of carbonyl (C=O) groups is 1. The van der Waals surface area contributed by atoms with Crippen LogP contribution in [-0.4, -0.2) is 58.2 Å². The van der Waals surface area contributed by atoms with Gasteiger partial charge in [0.1, 0.15) is 5.82 Å². The topological polar surface area (TPSA) is 69.7 Å². The van der Waals surface area contributed by atoms with Crippen LogP contribution >= 0.6 is 0 Å². The molecule has 23 heavy (non-hydrogen) atoms. The van der Waals surface area contributed by atoms with E-state index in [1.165, 1.54) is 12.1 Å². The van der Waals surface area contributed by atoms with Crippen molar-refractivity contribution in [3.8, 4) is 0 Å². The normalized spacial score (nSPS) is 16.3. The molecule has 1 aliphatic heterocycles. The van der Waals surface area contributed by atoms with Crippen LogP contribution in [0.4, 0.5) is 10.1 Å². The molecule has 0 bridgehead atoms. The number of carbonyl (C=O) groups excluding carboxylic acids is 1. The Kier molecular flexibility index (Phi) is 5.95. The minimum atomic E-state index is -3.27. The van der Waals surface area contributed by atoms with E-state index in [9.17, 15) is 17.6 Å². The van der Waals surface area contributed by atoms with Gasteiger partial charge in [-0.15, -0.1) is 0 Å². The summed E-state index contributed by atoms with van der Waals surface area (Å²) in [4.78, 5) is 16.0. The molecule has 1 amide bonds. The molecule has 0 atom stereocenters. The Morgan fingerprint density at radius 3 is 2.52 bits per heavy atom. The predicted octanol–water partition coefficient (Wildman–Crippen LogP) is 0.804. The minimum absolute atomic E-state index is 0.0536. The van der Waals surface area contributed by atoms with Crippen LogP contribution in [0, 0.1) is 5.82 Å². The highest BCUT2D eigenvalue weighted by Gasteiger charge is 2.19. The van der Waals surface area contributed by atoms with Crippen molar-refractivity contribution in [1.82, 2.24) is 9.62 Å². The summed E-state index contributed by atoms with van der Waals surface area (Å²) in [5.74, 6) is -0.319. The average molecular weight is 343 g/mol. The maximum absolute atomic E-state index is 13.0. The number of anilines is 1. The van der Waals surface area contributed by atoms with Crippen LogP contribution in [-0.2, 0) is 14.8 Å². The Hall–Kier alpha value is -1.67. The fourth-order valence-electron chi connectivity index (χ4n) is 2.58. The molecule has 1 N–H and O–H groups in total. The second-order valence-electron chi connectivity index (χ2n) is 5.61. The van der Waals surface area contributed by atoms with Gasteiger partial charge in [-0.05, 0) is 30.7 Å². The molecule has 0 saturated carbocycles. The number of halogens is 1. The molecule has 1 saturated heterocycles. The van der Waals surface area contributed by atoms with Crippen molar-refractivity contribution in [2.45, 2.75) is 12.8 Å². The molecular formula is C15H22FN3O3S. The Labute approximate surface area is 136 Å². The van der Waals surface area contributed by atoms with Crippen LogP contribution in [0.1, 0.15) is 12.8 Å². The molecule has 1 aromatic rings. The highest BCUT2D eigenvalue weighted by Crippen LogP contribution is 2.17. The first kappa shape index (κ1) is 17.7. The van der Waals surface area contributed by atoms with Crippen molar-refractivity contribution in [3.05, 3.63) is 30.1 Å². The summed E-state index contributed by atoms with van der Waals surface area (Å²) in [6, 6.07) is 6.34. The number of hydrogen-bond acceptors (Lipinski definition) is 4. The van der Waals surface area contributed by atoms with E-state index in [2.05, 4.69) is 9.62 Å². The molecular weight excluding hydrogens is 321 g/mol. The van der Waals surface area contributed by atoms with E-state index in [0.717, 1.165) is 24.9 Å². The molecule has 0 aliphatic carbocycles. The van der Waals surface area contributed by atoms with Crippen molar-refractivity contribution in [3.63, 3.8) is 0 Å². The number of hydrogen-bond donors (Lipinski definition) is 1. The Morgan fingerprint density at radius 1 is 1.17 bits per heavy atom. The van der Waals surface area contributed by atoms with Crippen molar-refractivity contribution < 1.29 is 17.6 Å². The summed E-state index contributed by atoms with van der Waals surface area (Å²) in [5, 5.41) is 0. The standard InChI is InChI=1S/C15H22FN3O3S/c1-23(21,22)17-8-7-15(20)19-10-2-9-18(11-12-19)14-5-3-13(16)4-6-14/h3-6,17H,2,7-12H2,1H3. The summed E-state index contributed by atoms with van der Waals surface area (Å²) in [6.07, 6.45) is 2.05. The van der Waals surface area contributed by atoms with E-state index in [1.807, 2.05) is 0 Å². The van der Waals surface area contributed by atoms with Gasteiger partial charge in [0.15, 0.2) is 0 Å². The molecule has 0 unspecified atom stereocenters. The second kappa shape index (κ2) is 7.74. The van der Waals surface area contributed by atoms with Gasteiger partial charge < -0.3 is 9.80 Å². The van der Waals surface area contributed by atoms with Gasteiger partial charge in [-0.3, -0.25) is 4.79 Å². The number of sulfonamides is 1. The molecule has 0 aromatic heterocycles. The van der Waals surface area contributed by atoms with Crippen LogP contribution in [0.2, 0.25) is 0 Å². The summed E-state index contributed by atoms with van der Waals surface area (Å²) in [5.41, 5.74) is 0.944. The van der Waals surface area contributed by atoms with Crippen LogP contribution in [0.15, 0.2) is 24.3 Å². The highest BCUT2D eigenvalue weighted by molar-refractivity contribution is 7.88. The summed E-state index contributed by atoms with van der Waals surface area (Å²) >= 11 is 0. The van der Waals surface area contributed by atoms with Gasteiger partial charge in [-0.1, -0.05) is 0 Å². The molecule has 0 spiro atoms. The molecule has 2 rings (SSSR count). The van der Waals surface area contributed by atoms with E-state index < -0.39 is 10.0 Å². The van der Waals surface area contributed by atoms with Crippen LogP contribution in [0.25, 0.3) is 0 Å². The number of nitrogens with zero attached hydrogens (tertiary/aromatic N) is 2. The first-order chi connectivity index (χ1) is 10.8. The van der Waals surface area contributed by atoms with Crippen LogP contribution in [0.5, 0.6) is 0 Å². The smallest absolute Gasteiger partial charge is 0.223 e. The van der Waals surface area contributed by atoms with Gasteiger partial charge in [0.2, 0.25) is 15.9 Å². The average Bonchev–Trinajstić information content (AvgIpc) is 2.72. The molecule has 6 nitrogen and oxygen atoms in total. The monoisotopic (exact) mass is 343 g/mol. The Morgan fingerprint density at radius 2 is 1.87 bits per heavy atom. The van der Waals surface area contributed by atoms with E-state index in [0.29, 0.717) is 19.6 Å². The molecule has 1 heterocycles. The number of amides is 1. The SMILES string of the molecule is CS(=O)(=O)NCCC(=O)N1CCCN(c2ccc(F)cc2)CC1. The van der Waals surface area contributed by atoms with E-state index in [4.69, 9.17) is 0 Å². The molecule has 0 radical (unpaired) electrons. The van der Waals surface area contributed by atoms with Gasteiger partial charge in [-0.25, -0.2) is 17.5 Å². The number of rotatable bonds is 5. The third-order valence-electron chi connectivity index (χ3n) is 3.74. The van der Waals surface area contributed by atoms with Crippen molar-refractivity contribution in [2.75, 3.05) is 43.9 Å². The molecule has 1 aliphatic rings. The van der Waals surface area contributed by atoms with Crippen molar-refractivity contribution in [1.29, 1.82) is 0 Å². The first-order valence-corrected chi connectivity index (χ1v) is 9.47. The molecule has 128 valence electrons. The highest BCUT2D eigenvalue weighted by atomic mass is 32.2. The summed E-state index contributed by atoms with van der Waals surface area (Å²) in [6.45, 7) is 2.83. The summed E-state index contributed by atoms with van der Waals surface area (Å²) in [7, 11) is -3.27. The largest absolute Gasteiger partial charge is 0.370 e. The van der Waals surface area contributed by atoms with Gasteiger partial charge in [-0.2, -0.15) is 0 Å². The van der Waals surface area contributed by atoms with E-state index >= 15 is 0 Å². The van der Waals surface area contributed by atoms with Crippen molar-refractivity contribution >= 4 is 21.6 Å². The Balaban J connectivity index is 1.85. The third-order valence-corrected chi connectivity index (χ3v) is 4.47. The lowest BCUT2D eigenvalue weighted by Gasteiger charge is -2.23. The zero-order valence-electron chi connectivity index (χ0n) is 13.2. The quantitative estimate of drug-likeness (QED) is 0.859. The fraction of sp³-hybridized carbons (Fsp3) is 0.533. The molecule has 1 aromatic carbocycles. The van der Waals surface area contributed by atoms with Gasteiger partial charge in [0.05, 0.1) is 6.26 Å². The molecule has 1 fully saturated rings. The second-order valence-corrected chi connectivity index (χ2v) is 7.45. The molecule has 8 heteroatoms.